The number of anilines is 2. The number of rotatable bonds is 6. The molecule has 0 bridgehead atoms. The largest absolute Gasteiger partial charge is 0.322 e. The van der Waals surface area contributed by atoms with E-state index in [4.69, 9.17) is 23.2 Å². The summed E-state index contributed by atoms with van der Waals surface area (Å²) in [6.45, 7) is -0.678. The van der Waals surface area contributed by atoms with Gasteiger partial charge in [0.2, 0.25) is 5.91 Å². The van der Waals surface area contributed by atoms with Gasteiger partial charge in [0, 0.05) is 16.1 Å². The summed E-state index contributed by atoms with van der Waals surface area (Å²) in [5.74, 6) is -2.63. The third kappa shape index (κ3) is 5.08. The van der Waals surface area contributed by atoms with Crippen molar-refractivity contribution in [3.63, 3.8) is 0 Å². The normalized spacial score (nSPS) is 11.2. The summed E-state index contributed by atoms with van der Waals surface area (Å²) in [7, 11) is -4.19. The van der Waals surface area contributed by atoms with Crippen molar-refractivity contribution in [1.82, 2.24) is 0 Å². The van der Waals surface area contributed by atoms with Crippen molar-refractivity contribution in [2.45, 2.75) is 4.90 Å². The second-order valence-electron chi connectivity index (χ2n) is 6.12. The van der Waals surface area contributed by atoms with Gasteiger partial charge in [-0.2, -0.15) is 0 Å². The zero-order valence-electron chi connectivity index (χ0n) is 15.2. The Balaban J connectivity index is 1.95. The maximum atomic E-state index is 13.8. The Labute approximate surface area is 181 Å². The smallest absolute Gasteiger partial charge is 0.264 e. The molecule has 0 heterocycles. The van der Waals surface area contributed by atoms with Crippen LogP contribution in [-0.4, -0.2) is 20.9 Å². The molecular formula is C20H14Cl2F2N2O3S. The van der Waals surface area contributed by atoms with E-state index in [0.717, 1.165) is 16.4 Å². The number of hydrogen-bond donors (Lipinski definition) is 1. The minimum absolute atomic E-state index is 0.104. The van der Waals surface area contributed by atoms with E-state index in [9.17, 15) is 22.0 Å². The first kappa shape index (κ1) is 22.0. The van der Waals surface area contributed by atoms with Crippen molar-refractivity contribution < 1.29 is 22.0 Å². The summed E-state index contributed by atoms with van der Waals surface area (Å²) < 4.78 is 54.1. The van der Waals surface area contributed by atoms with Crippen molar-refractivity contribution >= 4 is 50.5 Å². The third-order valence-corrected chi connectivity index (χ3v) is 6.27. The number of sulfonamides is 1. The van der Waals surface area contributed by atoms with E-state index in [2.05, 4.69) is 5.32 Å². The topological polar surface area (TPSA) is 66.5 Å². The van der Waals surface area contributed by atoms with Crippen molar-refractivity contribution in [3.8, 4) is 0 Å². The first-order chi connectivity index (χ1) is 14.2. The fraction of sp³-hybridized carbons (Fsp3) is 0.0500. The predicted octanol–water partition coefficient (Wildman–Crippen LogP) is 5.11. The number of halogens is 4. The van der Waals surface area contributed by atoms with Gasteiger partial charge in [0.1, 0.15) is 18.2 Å². The van der Waals surface area contributed by atoms with E-state index >= 15 is 0 Å². The number of carbonyl (C=O) groups excluding carboxylic acids is 1. The first-order valence-electron chi connectivity index (χ1n) is 8.45. The van der Waals surface area contributed by atoms with Crippen molar-refractivity contribution in [3.05, 3.63) is 88.4 Å². The van der Waals surface area contributed by atoms with Crippen LogP contribution in [0.4, 0.5) is 20.2 Å². The van der Waals surface area contributed by atoms with Gasteiger partial charge < -0.3 is 5.32 Å². The van der Waals surface area contributed by atoms with Gasteiger partial charge >= 0.3 is 0 Å². The van der Waals surface area contributed by atoms with E-state index in [-0.39, 0.29) is 21.3 Å². The molecule has 3 aromatic carbocycles. The van der Waals surface area contributed by atoms with Crippen LogP contribution in [0.15, 0.2) is 71.6 Å². The maximum absolute atomic E-state index is 13.8. The molecule has 10 heteroatoms. The van der Waals surface area contributed by atoms with E-state index in [1.165, 1.54) is 42.5 Å². The highest BCUT2D eigenvalue weighted by Crippen LogP contribution is 2.27. The Morgan fingerprint density at radius 1 is 0.933 bits per heavy atom. The number of amides is 1. The summed E-state index contributed by atoms with van der Waals surface area (Å²) in [5.41, 5.74) is -0.150. The van der Waals surface area contributed by atoms with Crippen LogP contribution in [0, 0.1) is 11.6 Å². The minimum atomic E-state index is -4.19. The lowest BCUT2D eigenvalue weighted by molar-refractivity contribution is -0.114. The molecule has 3 rings (SSSR count). The molecule has 0 unspecified atom stereocenters. The maximum Gasteiger partial charge on any atom is 0.264 e. The molecule has 30 heavy (non-hydrogen) atoms. The van der Waals surface area contributed by atoms with Crippen LogP contribution < -0.4 is 9.62 Å². The summed E-state index contributed by atoms with van der Waals surface area (Å²) in [5, 5.41) is 2.84. The molecule has 1 N–H and O–H groups in total. The zero-order valence-corrected chi connectivity index (χ0v) is 17.5. The molecule has 0 saturated heterocycles. The van der Waals surface area contributed by atoms with Crippen LogP contribution in [-0.2, 0) is 14.8 Å². The summed E-state index contributed by atoms with van der Waals surface area (Å²) >= 11 is 11.8. The zero-order chi connectivity index (χ0) is 21.9. The van der Waals surface area contributed by atoms with Crippen LogP contribution in [0.25, 0.3) is 0 Å². The van der Waals surface area contributed by atoms with E-state index in [1.807, 2.05) is 0 Å². The minimum Gasteiger partial charge on any atom is -0.322 e. The van der Waals surface area contributed by atoms with Gasteiger partial charge in [0.25, 0.3) is 10.0 Å². The molecule has 0 aromatic heterocycles. The Bertz CT molecular complexity index is 1190. The molecule has 0 fully saturated rings. The van der Waals surface area contributed by atoms with Crippen LogP contribution in [0.1, 0.15) is 0 Å². The molecule has 0 spiro atoms. The predicted molar refractivity (Wildman–Crippen MR) is 112 cm³/mol. The third-order valence-electron chi connectivity index (χ3n) is 3.99. The Morgan fingerprint density at radius 2 is 1.63 bits per heavy atom. The van der Waals surface area contributed by atoms with Crippen LogP contribution >= 0.6 is 23.2 Å². The fourth-order valence-corrected chi connectivity index (χ4v) is 4.31. The van der Waals surface area contributed by atoms with E-state index in [1.54, 1.807) is 6.07 Å². The summed E-state index contributed by atoms with van der Waals surface area (Å²) in [6.07, 6.45) is 0. The Hall–Kier alpha value is -2.68. The van der Waals surface area contributed by atoms with Gasteiger partial charge in [-0.05, 0) is 54.6 Å². The lowest BCUT2D eigenvalue weighted by Crippen LogP contribution is -2.38. The number of carbonyl (C=O) groups is 1. The summed E-state index contributed by atoms with van der Waals surface area (Å²) in [6, 6.07) is 13.9. The quantitative estimate of drug-likeness (QED) is 0.544. The van der Waals surface area contributed by atoms with E-state index < -0.39 is 34.1 Å². The number of nitrogens with zero attached hydrogens (tertiary/aromatic N) is 1. The lowest BCUT2D eigenvalue weighted by Gasteiger charge is -2.24. The van der Waals surface area contributed by atoms with Gasteiger partial charge in [-0.3, -0.25) is 9.10 Å². The lowest BCUT2D eigenvalue weighted by atomic mass is 10.3. The second-order valence-corrected chi connectivity index (χ2v) is 8.85. The van der Waals surface area contributed by atoms with Gasteiger partial charge in [-0.25, -0.2) is 17.2 Å². The molecule has 156 valence electrons. The SMILES string of the molecule is O=C(CN(c1cccc(Cl)c1)S(=O)(=O)c1ccc(Cl)cc1)Nc1ccc(F)cc1F. The molecule has 3 aromatic rings. The molecule has 0 aliphatic rings. The monoisotopic (exact) mass is 470 g/mol. The average Bonchev–Trinajstić information content (AvgIpc) is 2.68. The average molecular weight is 471 g/mol. The number of benzene rings is 3. The first-order valence-corrected chi connectivity index (χ1v) is 10.7. The molecule has 0 aliphatic carbocycles. The van der Waals surface area contributed by atoms with Gasteiger partial charge in [0.15, 0.2) is 0 Å². The second kappa shape index (κ2) is 8.99. The van der Waals surface area contributed by atoms with Gasteiger partial charge in [-0.15, -0.1) is 0 Å². The van der Waals surface area contributed by atoms with Gasteiger partial charge in [0.05, 0.1) is 16.3 Å². The van der Waals surface area contributed by atoms with E-state index in [0.29, 0.717) is 11.1 Å². The fourth-order valence-electron chi connectivity index (χ4n) is 2.59. The highest BCUT2D eigenvalue weighted by atomic mass is 35.5. The molecule has 5 nitrogen and oxygen atoms in total. The molecule has 0 atom stereocenters. The van der Waals surface area contributed by atoms with Crippen LogP contribution in [0.3, 0.4) is 0 Å². The van der Waals surface area contributed by atoms with Crippen molar-refractivity contribution in [2.75, 3.05) is 16.2 Å². The highest BCUT2D eigenvalue weighted by Gasteiger charge is 2.27. The van der Waals surface area contributed by atoms with Crippen molar-refractivity contribution in [1.29, 1.82) is 0 Å². The molecular weight excluding hydrogens is 457 g/mol. The van der Waals surface area contributed by atoms with Gasteiger partial charge in [-0.1, -0.05) is 29.3 Å². The molecule has 0 saturated carbocycles. The van der Waals surface area contributed by atoms with Crippen LogP contribution in [0.2, 0.25) is 10.0 Å². The highest BCUT2D eigenvalue weighted by molar-refractivity contribution is 7.92. The van der Waals surface area contributed by atoms with Crippen LogP contribution in [0.5, 0.6) is 0 Å². The Morgan fingerprint density at radius 3 is 2.27 bits per heavy atom. The molecule has 0 radical (unpaired) electrons. The Kier molecular flexibility index (Phi) is 6.60. The molecule has 0 aliphatic heterocycles. The molecule has 1 amide bonds. The summed E-state index contributed by atoms with van der Waals surface area (Å²) in [4.78, 5) is 12.4. The number of nitrogens with one attached hydrogen (secondary N) is 1. The number of hydrogen-bond acceptors (Lipinski definition) is 3. The standard InChI is InChI=1S/C20H14Cl2F2N2O3S/c21-13-4-7-17(8-5-13)30(28,29)26(16-3-1-2-14(22)10-16)12-20(27)25-19-9-6-15(23)11-18(19)24/h1-11H,12H2,(H,25,27). The van der Waals surface area contributed by atoms with Crippen molar-refractivity contribution in [2.24, 2.45) is 0 Å².